The minimum atomic E-state index is -4.34. The highest BCUT2D eigenvalue weighted by Crippen LogP contribution is 2.18. The Morgan fingerprint density at radius 3 is 2.63 bits per heavy atom. The lowest BCUT2D eigenvalue weighted by Crippen LogP contribution is -2.44. The predicted octanol–water partition coefficient (Wildman–Crippen LogP) is 2.46. The highest BCUT2D eigenvalue weighted by atomic mass is 19.4. The molecule has 0 radical (unpaired) electrons. The van der Waals surface area contributed by atoms with Gasteiger partial charge in [-0.1, -0.05) is 24.3 Å². The summed E-state index contributed by atoms with van der Waals surface area (Å²) in [6, 6.07) is 7.06. The molecule has 1 heterocycles. The summed E-state index contributed by atoms with van der Waals surface area (Å²) in [6.07, 6.45) is -0.985. The molecule has 0 spiro atoms. The van der Waals surface area contributed by atoms with Crippen molar-refractivity contribution >= 4 is 5.96 Å². The monoisotopic (exact) mass is 427 g/mol. The van der Waals surface area contributed by atoms with Gasteiger partial charge in [0.1, 0.15) is 12.2 Å². The number of hydrogen-bond acceptors (Lipinski definition) is 4. The van der Waals surface area contributed by atoms with Crippen LogP contribution >= 0.6 is 0 Å². The van der Waals surface area contributed by atoms with E-state index in [4.69, 9.17) is 4.74 Å². The standard InChI is InChI=1S/C20H28F3N5O2/c1-4-24-18(26-13-19(2,29)17-10-27-28(3)11-17)25-9-15-6-5-7-16(8-15)12-30-14-20(21,22)23/h5-8,10-11,29H,4,9,12-14H2,1-3H3,(H2,24,25,26). The molecular formula is C20H28F3N5O2. The second-order valence-corrected chi connectivity index (χ2v) is 7.15. The molecule has 166 valence electrons. The molecule has 1 unspecified atom stereocenters. The number of aromatic nitrogens is 2. The fraction of sp³-hybridized carbons (Fsp3) is 0.500. The summed E-state index contributed by atoms with van der Waals surface area (Å²) in [6.45, 7) is 3.38. The average molecular weight is 427 g/mol. The van der Waals surface area contributed by atoms with Crippen LogP contribution in [0.1, 0.15) is 30.5 Å². The maximum Gasteiger partial charge on any atom is 0.411 e. The SMILES string of the molecule is CCNC(=NCc1cccc(COCC(F)(F)F)c1)NCC(C)(O)c1cnn(C)c1. The summed E-state index contributed by atoms with van der Waals surface area (Å²) in [5.74, 6) is 0.514. The van der Waals surface area contributed by atoms with Gasteiger partial charge in [-0.05, 0) is 25.0 Å². The summed E-state index contributed by atoms with van der Waals surface area (Å²) in [5, 5.41) is 21.0. The highest BCUT2D eigenvalue weighted by molar-refractivity contribution is 5.79. The molecule has 0 amide bonds. The Balaban J connectivity index is 1.96. The fourth-order valence-electron chi connectivity index (χ4n) is 2.67. The third-order valence-corrected chi connectivity index (χ3v) is 4.22. The molecule has 1 aromatic heterocycles. The van der Waals surface area contributed by atoms with Crippen LogP contribution in [-0.4, -0.2) is 46.7 Å². The normalized spacial score (nSPS) is 14.4. The largest absolute Gasteiger partial charge is 0.411 e. The number of nitrogens with zero attached hydrogens (tertiary/aromatic N) is 3. The summed E-state index contributed by atoms with van der Waals surface area (Å²) in [4.78, 5) is 4.49. The van der Waals surface area contributed by atoms with Crippen molar-refractivity contribution in [3.63, 3.8) is 0 Å². The van der Waals surface area contributed by atoms with E-state index in [-0.39, 0.29) is 13.2 Å². The Labute approximate surface area is 174 Å². The van der Waals surface area contributed by atoms with Crippen molar-refractivity contribution in [2.75, 3.05) is 19.7 Å². The van der Waals surface area contributed by atoms with E-state index in [0.717, 1.165) is 5.56 Å². The van der Waals surface area contributed by atoms with Crippen molar-refractivity contribution in [2.24, 2.45) is 12.0 Å². The smallest absolute Gasteiger partial charge is 0.383 e. The topological polar surface area (TPSA) is 83.7 Å². The van der Waals surface area contributed by atoms with E-state index in [1.807, 2.05) is 13.0 Å². The van der Waals surface area contributed by atoms with Crippen LogP contribution in [0.15, 0.2) is 41.7 Å². The Bertz CT molecular complexity index is 834. The van der Waals surface area contributed by atoms with Gasteiger partial charge in [0.2, 0.25) is 0 Å². The number of aryl methyl sites for hydroxylation is 1. The van der Waals surface area contributed by atoms with Gasteiger partial charge in [0, 0.05) is 25.4 Å². The molecule has 0 aliphatic rings. The lowest BCUT2D eigenvalue weighted by Gasteiger charge is -2.23. The lowest BCUT2D eigenvalue weighted by molar-refractivity contribution is -0.176. The molecule has 1 atom stereocenters. The molecule has 0 saturated carbocycles. The average Bonchev–Trinajstić information content (AvgIpc) is 3.11. The Morgan fingerprint density at radius 1 is 1.27 bits per heavy atom. The summed E-state index contributed by atoms with van der Waals surface area (Å²) in [5.41, 5.74) is 1.02. The summed E-state index contributed by atoms with van der Waals surface area (Å²) < 4.78 is 42.9. The van der Waals surface area contributed by atoms with Gasteiger partial charge in [-0.15, -0.1) is 0 Å². The number of hydrogen-bond donors (Lipinski definition) is 3. The number of rotatable bonds is 9. The molecule has 0 saturated heterocycles. The van der Waals surface area contributed by atoms with Crippen LogP contribution < -0.4 is 10.6 Å². The Hall–Kier alpha value is -2.59. The summed E-state index contributed by atoms with van der Waals surface area (Å²) >= 11 is 0. The minimum Gasteiger partial charge on any atom is -0.383 e. The van der Waals surface area contributed by atoms with Crippen molar-refractivity contribution in [1.82, 2.24) is 20.4 Å². The van der Waals surface area contributed by atoms with Gasteiger partial charge in [0.15, 0.2) is 5.96 Å². The van der Waals surface area contributed by atoms with Crippen LogP contribution in [-0.2, 0) is 30.5 Å². The van der Waals surface area contributed by atoms with E-state index < -0.39 is 18.4 Å². The van der Waals surface area contributed by atoms with Crippen LogP contribution in [0, 0.1) is 0 Å². The Kier molecular flexibility index (Phi) is 8.24. The molecule has 7 nitrogen and oxygen atoms in total. The molecule has 0 aliphatic heterocycles. The molecule has 10 heteroatoms. The molecule has 3 N–H and O–H groups in total. The van der Waals surface area contributed by atoms with Gasteiger partial charge >= 0.3 is 6.18 Å². The molecule has 2 aromatic rings. The number of guanidine groups is 1. The van der Waals surface area contributed by atoms with E-state index in [2.05, 4.69) is 20.7 Å². The molecule has 0 bridgehead atoms. The summed E-state index contributed by atoms with van der Waals surface area (Å²) in [7, 11) is 1.78. The van der Waals surface area contributed by atoms with E-state index in [0.29, 0.717) is 30.2 Å². The van der Waals surface area contributed by atoms with E-state index in [9.17, 15) is 18.3 Å². The van der Waals surface area contributed by atoms with Crippen LogP contribution in [0.3, 0.4) is 0 Å². The van der Waals surface area contributed by atoms with Crippen LogP contribution in [0.25, 0.3) is 0 Å². The van der Waals surface area contributed by atoms with Crippen molar-refractivity contribution in [2.45, 2.75) is 38.8 Å². The van der Waals surface area contributed by atoms with Gasteiger partial charge in [0.25, 0.3) is 0 Å². The third kappa shape index (κ3) is 8.03. The first-order valence-electron chi connectivity index (χ1n) is 9.55. The number of alkyl halides is 3. The number of halogens is 3. The number of nitrogens with one attached hydrogen (secondary N) is 2. The Morgan fingerprint density at radius 2 is 2.00 bits per heavy atom. The van der Waals surface area contributed by atoms with Gasteiger partial charge in [-0.2, -0.15) is 18.3 Å². The molecule has 0 fully saturated rings. The van der Waals surface area contributed by atoms with Crippen molar-refractivity contribution in [3.05, 3.63) is 53.3 Å². The molecule has 2 rings (SSSR count). The predicted molar refractivity (Wildman–Crippen MR) is 108 cm³/mol. The fourth-order valence-corrected chi connectivity index (χ4v) is 2.67. The number of ether oxygens (including phenoxy) is 1. The maximum absolute atomic E-state index is 12.2. The molecule has 0 aliphatic carbocycles. The first-order valence-corrected chi connectivity index (χ1v) is 9.55. The minimum absolute atomic E-state index is 0.122. The zero-order chi connectivity index (χ0) is 22.2. The van der Waals surface area contributed by atoms with Gasteiger partial charge in [0.05, 0.1) is 25.9 Å². The molecule has 30 heavy (non-hydrogen) atoms. The van der Waals surface area contributed by atoms with Crippen molar-refractivity contribution < 1.29 is 23.0 Å². The van der Waals surface area contributed by atoms with Crippen LogP contribution in [0.5, 0.6) is 0 Å². The van der Waals surface area contributed by atoms with Gasteiger partial charge < -0.3 is 20.5 Å². The number of benzene rings is 1. The van der Waals surface area contributed by atoms with E-state index >= 15 is 0 Å². The number of aliphatic imine (C=N–C) groups is 1. The quantitative estimate of drug-likeness (QED) is 0.423. The first-order chi connectivity index (χ1) is 14.1. The zero-order valence-electron chi connectivity index (χ0n) is 17.3. The molecule has 1 aromatic carbocycles. The lowest BCUT2D eigenvalue weighted by atomic mass is 10.00. The second-order valence-electron chi connectivity index (χ2n) is 7.15. The van der Waals surface area contributed by atoms with Gasteiger partial charge in [-0.3, -0.25) is 4.68 Å². The van der Waals surface area contributed by atoms with E-state index in [1.54, 1.807) is 49.2 Å². The van der Waals surface area contributed by atoms with Gasteiger partial charge in [-0.25, -0.2) is 4.99 Å². The molecular weight excluding hydrogens is 399 g/mol. The van der Waals surface area contributed by atoms with E-state index in [1.165, 1.54) is 0 Å². The van der Waals surface area contributed by atoms with Crippen LogP contribution in [0.4, 0.5) is 13.2 Å². The third-order valence-electron chi connectivity index (χ3n) is 4.22. The number of aliphatic hydroxyl groups is 1. The second kappa shape index (κ2) is 10.4. The zero-order valence-corrected chi connectivity index (χ0v) is 17.3. The highest BCUT2D eigenvalue weighted by Gasteiger charge is 2.27. The van der Waals surface area contributed by atoms with Crippen molar-refractivity contribution in [3.8, 4) is 0 Å². The van der Waals surface area contributed by atoms with Crippen LogP contribution in [0.2, 0.25) is 0 Å². The first kappa shape index (κ1) is 23.7. The van der Waals surface area contributed by atoms with Crippen molar-refractivity contribution in [1.29, 1.82) is 0 Å². The maximum atomic E-state index is 12.2.